The van der Waals surface area contributed by atoms with Crippen LogP contribution in [0.25, 0.3) is 0 Å². The van der Waals surface area contributed by atoms with Crippen molar-refractivity contribution in [3.05, 3.63) is 18.2 Å². The molecule has 168 valence electrons. The van der Waals surface area contributed by atoms with E-state index >= 15 is 0 Å². The highest BCUT2D eigenvalue weighted by Crippen LogP contribution is 2.30. The van der Waals surface area contributed by atoms with Gasteiger partial charge in [0.2, 0.25) is 0 Å². The summed E-state index contributed by atoms with van der Waals surface area (Å²) in [7, 11) is 1.89. The minimum Gasteiger partial charge on any atom is -0.490 e. The van der Waals surface area contributed by atoms with Crippen LogP contribution in [0.3, 0.4) is 0 Å². The summed E-state index contributed by atoms with van der Waals surface area (Å²) in [5.74, 6) is 1.24. The van der Waals surface area contributed by atoms with E-state index < -0.39 is 0 Å². The van der Waals surface area contributed by atoms with Crippen LogP contribution in [0.4, 0.5) is 5.69 Å². The number of likely N-dealkylation sites (N-methyl/N-ethyl adjacent to an activating group) is 2. The van der Waals surface area contributed by atoms with Gasteiger partial charge in [0.05, 0.1) is 53.0 Å². The summed E-state index contributed by atoms with van der Waals surface area (Å²) >= 11 is 0. The first-order chi connectivity index (χ1) is 14.4. The van der Waals surface area contributed by atoms with Gasteiger partial charge in [0, 0.05) is 11.8 Å². The van der Waals surface area contributed by atoms with Crippen molar-refractivity contribution in [3.63, 3.8) is 0 Å². The van der Waals surface area contributed by atoms with Crippen LogP contribution in [0.5, 0.6) is 11.5 Å². The highest BCUT2D eigenvalue weighted by atomic mass is 16.5. The highest BCUT2D eigenvalue weighted by molar-refractivity contribution is 5.92. The zero-order valence-electron chi connectivity index (χ0n) is 19.0. The van der Waals surface area contributed by atoms with E-state index in [1.807, 2.05) is 32.7 Å². The molecular weight excluding hydrogens is 384 g/mol. The Morgan fingerprint density at radius 3 is 2.37 bits per heavy atom. The van der Waals surface area contributed by atoms with E-state index in [0.29, 0.717) is 30.4 Å². The lowest BCUT2D eigenvalue weighted by atomic mass is 10.2. The molecule has 0 aromatic heterocycles. The van der Waals surface area contributed by atoms with Crippen molar-refractivity contribution < 1.29 is 28.9 Å². The third kappa shape index (κ3) is 6.60. The summed E-state index contributed by atoms with van der Waals surface area (Å²) in [5.41, 5.74) is 0.650. The van der Waals surface area contributed by atoms with E-state index in [1.54, 1.807) is 18.2 Å². The van der Waals surface area contributed by atoms with Crippen LogP contribution in [0.15, 0.2) is 18.2 Å². The van der Waals surface area contributed by atoms with Crippen LogP contribution in [-0.4, -0.2) is 82.3 Å². The molecule has 3 N–H and O–H groups in total. The fourth-order valence-electron chi connectivity index (χ4n) is 3.62. The van der Waals surface area contributed by atoms with Crippen molar-refractivity contribution in [2.75, 3.05) is 64.8 Å². The average Bonchev–Trinajstić information content (AvgIpc) is 2.74. The van der Waals surface area contributed by atoms with Crippen molar-refractivity contribution in [1.29, 1.82) is 0 Å². The number of benzene rings is 1. The van der Waals surface area contributed by atoms with E-state index in [1.165, 1.54) is 4.90 Å². The number of hydrogen-bond acceptors (Lipinski definition) is 4. The van der Waals surface area contributed by atoms with Crippen molar-refractivity contribution in [2.45, 2.75) is 33.7 Å². The second kappa shape index (κ2) is 11.8. The van der Waals surface area contributed by atoms with Crippen molar-refractivity contribution in [2.24, 2.45) is 0 Å². The quantitative estimate of drug-likeness (QED) is 0.456. The van der Waals surface area contributed by atoms with Crippen LogP contribution in [0, 0.1) is 0 Å². The summed E-state index contributed by atoms with van der Waals surface area (Å²) in [6, 6.07) is 5.10. The largest absolute Gasteiger partial charge is 0.490 e. The Morgan fingerprint density at radius 2 is 1.77 bits per heavy atom. The standard InChI is InChI=1S/C22H36N4O4/c1-6-25-11-13-26(14-12-25)22(28)17(4)24(5)16-21(27)23-18-9-10-19(29-7-2)20(15-18)30-8-3/h9-10,15,17H,6-8,11-14,16H2,1-5H3,(H,23,27)/p+2/t17-/m1/s1. The predicted molar refractivity (Wildman–Crippen MR) is 116 cm³/mol. The topological polar surface area (TPSA) is 76.8 Å². The van der Waals surface area contributed by atoms with Gasteiger partial charge in [0.1, 0.15) is 0 Å². The van der Waals surface area contributed by atoms with Gasteiger partial charge in [-0.15, -0.1) is 0 Å². The fraction of sp³-hybridized carbons (Fsp3) is 0.636. The molecule has 30 heavy (non-hydrogen) atoms. The molecule has 8 nitrogen and oxygen atoms in total. The SMILES string of the molecule is CCOc1ccc(NC(=O)C[NH+](C)[C@H](C)C(=O)N2CC[NH+](CC)CC2)cc1OCC. The van der Waals surface area contributed by atoms with Crippen LogP contribution in [-0.2, 0) is 9.59 Å². The summed E-state index contributed by atoms with van der Waals surface area (Å²) in [5, 5.41) is 2.90. The lowest BCUT2D eigenvalue weighted by molar-refractivity contribution is -0.903. The van der Waals surface area contributed by atoms with E-state index in [4.69, 9.17) is 9.47 Å². The van der Waals surface area contributed by atoms with E-state index in [0.717, 1.165) is 37.6 Å². The zero-order valence-corrected chi connectivity index (χ0v) is 19.0. The van der Waals surface area contributed by atoms with Crippen LogP contribution in [0.2, 0.25) is 0 Å². The second-order valence-corrected chi connectivity index (χ2v) is 7.75. The first-order valence-corrected chi connectivity index (χ1v) is 11.0. The maximum Gasteiger partial charge on any atom is 0.280 e. The monoisotopic (exact) mass is 422 g/mol. The molecule has 0 aliphatic carbocycles. The van der Waals surface area contributed by atoms with Crippen molar-refractivity contribution in [3.8, 4) is 11.5 Å². The fourth-order valence-corrected chi connectivity index (χ4v) is 3.62. The molecule has 1 aromatic rings. The number of nitrogens with one attached hydrogen (secondary N) is 3. The van der Waals surface area contributed by atoms with E-state index in [9.17, 15) is 9.59 Å². The summed E-state index contributed by atoms with van der Waals surface area (Å²) in [4.78, 5) is 29.7. The summed E-state index contributed by atoms with van der Waals surface area (Å²) in [6.45, 7) is 13.8. The number of anilines is 1. The number of piperazine rings is 1. The van der Waals surface area contributed by atoms with Gasteiger partial charge in [0.15, 0.2) is 24.1 Å². The minimum absolute atomic E-state index is 0.121. The molecule has 0 radical (unpaired) electrons. The zero-order chi connectivity index (χ0) is 22.1. The molecule has 1 aliphatic heterocycles. The van der Waals surface area contributed by atoms with E-state index in [-0.39, 0.29) is 24.4 Å². The van der Waals surface area contributed by atoms with Crippen LogP contribution >= 0.6 is 0 Å². The third-order valence-corrected chi connectivity index (χ3v) is 5.66. The van der Waals surface area contributed by atoms with Gasteiger partial charge >= 0.3 is 0 Å². The number of nitrogens with zero attached hydrogens (tertiary/aromatic N) is 1. The molecule has 1 unspecified atom stereocenters. The van der Waals surface area contributed by atoms with Gasteiger partial charge in [-0.2, -0.15) is 0 Å². The number of amides is 2. The number of hydrogen-bond donors (Lipinski definition) is 3. The number of rotatable bonds is 10. The molecule has 1 heterocycles. The van der Waals surface area contributed by atoms with Gasteiger partial charge in [-0.1, -0.05) is 0 Å². The minimum atomic E-state index is -0.266. The molecule has 2 rings (SSSR count). The average molecular weight is 423 g/mol. The maximum atomic E-state index is 12.8. The van der Waals surface area contributed by atoms with Gasteiger partial charge in [-0.05, 0) is 39.8 Å². The van der Waals surface area contributed by atoms with Crippen LogP contribution in [0.1, 0.15) is 27.7 Å². The Kier molecular flexibility index (Phi) is 9.39. The van der Waals surface area contributed by atoms with Crippen LogP contribution < -0.4 is 24.6 Å². The summed E-state index contributed by atoms with van der Waals surface area (Å²) < 4.78 is 11.2. The summed E-state index contributed by atoms with van der Waals surface area (Å²) in [6.07, 6.45) is 0. The molecular formula is C22H38N4O4+2. The number of ether oxygens (including phenoxy) is 2. The molecule has 2 atom stereocenters. The molecule has 0 saturated carbocycles. The Bertz CT molecular complexity index is 704. The molecule has 1 fully saturated rings. The molecule has 0 bridgehead atoms. The van der Waals surface area contributed by atoms with Gasteiger partial charge < -0.3 is 29.5 Å². The Labute approximate surface area is 180 Å². The highest BCUT2D eigenvalue weighted by Gasteiger charge is 2.31. The Morgan fingerprint density at radius 1 is 1.13 bits per heavy atom. The van der Waals surface area contributed by atoms with Gasteiger partial charge in [-0.3, -0.25) is 9.59 Å². The van der Waals surface area contributed by atoms with Crippen molar-refractivity contribution >= 4 is 17.5 Å². The maximum absolute atomic E-state index is 12.8. The molecule has 8 heteroatoms. The molecule has 1 aliphatic rings. The second-order valence-electron chi connectivity index (χ2n) is 7.75. The Hall–Kier alpha value is -2.32. The predicted octanol–water partition coefficient (Wildman–Crippen LogP) is -0.927. The first kappa shape index (κ1) is 24.0. The molecule has 1 saturated heterocycles. The third-order valence-electron chi connectivity index (χ3n) is 5.66. The Balaban J connectivity index is 1.90. The number of quaternary nitrogens is 2. The van der Waals surface area contributed by atoms with Gasteiger partial charge in [-0.25, -0.2) is 0 Å². The molecule has 0 spiro atoms. The number of carbonyl (C=O) groups excluding carboxylic acids is 2. The van der Waals surface area contributed by atoms with Crippen molar-refractivity contribution in [1.82, 2.24) is 4.90 Å². The molecule has 2 amide bonds. The van der Waals surface area contributed by atoms with Gasteiger partial charge in [0.25, 0.3) is 11.8 Å². The lowest BCUT2D eigenvalue weighted by Gasteiger charge is -2.33. The smallest absolute Gasteiger partial charge is 0.280 e. The van der Waals surface area contributed by atoms with E-state index in [2.05, 4.69) is 12.2 Å². The number of carbonyl (C=O) groups is 2. The lowest BCUT2D eigenvalue weighted by Crippen LogP contribution is -3.16. The first-order valence-electron chi connectivity index (χ1n) is 11.0. The molecule has 1 aromatic carbocycles. The normalized spacial score (nSPS) is 16.6.